The minimum absolute atomic E-state index is 0.0295. The Morgan fingerprint density at radius 2 is 1.77 bits per heavy atom. The second-order valence-corrected chi connectivity index (χ2v) is 9.09. The van der Waals surface area contributed by atoms with Gasteiger partial charge in [0.15, 0.2) is 0 Å². The number of halogens is 2. The second-order valence-electron chi connectivity index (χ2n) is 9.09. The van der Waals surface area contributed by atoms with Gasteiger partial charge in [-0.15, -0.1) is 0 Å². The molecule has 1 aliphatic heterocycles. The number of anilines is 1. The molecular weight excluding hydrogens is 402 g/mol. The van der Waals surface area contributed by atoms with E-state index in [1.165, 1.54) is 11.0 Å². The third kappa shape index (κ3) is 4.55. The molecule has 1 N–H and O–H groups in total. The van der Waals surface area contributed by atoms with Gasteiger partial charge in [0.1, 0.15) is 11.3 Å². The van der Waals surface area contributed by atoms with Crippen molar-refractivity contribution in [3.05, 3.63) is 59.2 Å². The number of amides is 2. The maximum Gasteiger partial charge on any atom is 0.387 e. The van der Waals surface area contributed by atoms with Gasteiger partial charge in [0, 0.05) is 12.1 Å². The molecule has 3 rings (SSSR count). The van der Waals surface area contributed by atoms with Crippen molar-refractivity contribution in [2.24, 2.45) is 0 Å². The van der Waals surface area contributed by atoms with E-state index in [1.54, 1.807) is 38.1 Å². The Balaban J connectivity index is 1.79. The summed E-state index contributed by atoms with van der Waals surface area (Å²) in [5, 5.41) is 2.70. The van der Waals surface area contributed by atoms with Crippen LogP contribution < -0.4 is 10.1 Å². The van der Waals surface area contributed by atoms with Gasteiger partial charge in [0.2, 0.25) is 5.91 Å². The Labute approximate surface area is 181 Å². The van der Waals surface area contributed by atoms with E-state index < -0.39 is 18.1 Å². The molecule has 2 aromatic carbocycles. The Morgan fingerprint density at radius 3 is 2.29 bits per heavy atom. The number of hydrogen-bond acceptors (Lipinski definition) is 3. The number of alkyl halides is 2. The minimum Gasteiger partial charge on any atom is -0.433 e. The van der Waals surface area contributed by atoms with Crippen LogP contribution in [0.1, 0.15) is 55.6 Å². The zero-order valence-corrected chi connectivity index (χ0v) is 18.5. The summed E-state index contributed by atoms with van der Waals surface area (Å²) in [6, 6.07) is 12.0. The lowest BCUT2D eigenvalue weighted by atomic mass is 9.83. The van der Waals surface area contributed by atoms with E-state index in [9.17, 15) is 18.4 Å². The van der Waals surface area contributed by atoms with Crippen molar-refractivity contribution in [2.75, 3.05) is 11.9 Å². The summed E-state index contributed by atoms with van der Waals surface area (Å²) < 4.78 is 30.0. The van der Waals surface area contributed by atoms with E-state index in [2.05, 4.69) is 30.8 Å². The molecular formula is C24H28F2N2O3. The van der Waals surface area contributed by atoms with Gasteiger partial charge in [-0.2, -0.15) is 8.78 Å². The van der Waals surface area contributed by atoms with Gasteiger partial charge in [-0.25, -0.2) is 0 Å². The van der Waals surface area contributed by atoms with Crippen molar-refractivity contribution < 1.29 is 23.1 Å². The van der Waals surface area contributed by atoms with E-state index >= 15 is 0 Å². The van der Waals surface area contributed by atoms with Crippen LogP contribution in [0.15, 0.2) is 42.5 Å². The Hall–Kier alpha value is -2.96. The smallest absolute Gasteiger partial charge is 0.387 e. The predicted octanol–water partition coefficient (Wildman–Crippen LogP) is 5.14. The van der Waals surface area contributed by atoms with E-state index in [1.807, 2.05) is 12.1 Å². The van der Waals surface area contributed by atoms with Gasteiger partial charge < -0.3 is 15.0 Å². The summed E-state index contributed by atoms with van der Waals surface area (Å²) in [5.74, 6) is -0.785. The summed E-state index contributed by atoms with van der Waals surface area (Å²) in [7, 11) is 0. The molecule has 2 aromatic rings. The normalized spacial score (nSPS) is 18.5. The first-order valence-corrected chi connectivity index (χ1v) is 10.2. The van der Waals surface area contributed by atoms with E-state index in [0.29, 0.717) is 24.1 Å². The van der Waals surface area contributed by atoms with E-state index in [0.717, 1.165) is 5.56 Å². The Bertz CT molecular complexity index is 983. The monoisotopic (exact) mass is 430 g/mol. The van der Waals surface area contributed by atoms with Gasteiger partial charge in [-0.3, -0.25) is 9.59 Å². The number of ether oxygens (including phenoxy) is 1. The van der Waals surface area contributed by atoms with Crippen LogP contribution in [0.3, 0.4) is 0 Å². The lowest BCUT2D eigenvalue weighted by molar-refractivity contribution is -0.132. The third-order valence-electron chi connectivity index (χ3n) is 5.84. The number of hydrogen-bond donors (Lipinski definition) is 1. The summed E-state index contributed by atoms with van der Waals surface area (Å²) in [4.78, 5) is 27.7. The third-order valence-corrected chi connectivity index (χ3v) is 5.84. The van der Waals surface area contributed by atoms with Gasteiger partial charge in [-0.05, 0) is 55.0 Å². The summed E-state index contributed by atoms with van der Waals surface area (Å²) in [5.41, 5.74) is 1.28. The summed E-state index contributed by atoms with van der Waals surface area (Å²) in [6.07, 6.45) is 0.474. The van der Waals surface area contributed by atoms with Crippen LogP contribution in [0.25, 0.3) is 0 Å². The van der Waals surface area contributed by atoms with Crippen LogP contribution in [-0.4, -0.2) is 35.4 Å². The highest BCUT2D eigenvalue weighted by atomic mass is 19.3. The fourth-order valence-corrected chi connectivity index (χ4v) is 3.63. The molecule has 1 heterocycles. The van der Waals surface area contributed by atoms with Gasteiger partial charge >= 0.3 is 6.61 Å². The quantitative estimate of drug-likeness (QED) is 0.715. The first kappa shape index (κ1) is 22.7. The molecule has 0 radical (unpaired) electrons. The molecule has 5 nitrogen and oxygen atoms in total. The first-order valence-electron chi connectivity index (χ1n) is 10.2. The number of rotatable bonds is 5. The SMILES string of the molecule is Cc1cccc(OC(F)F)c1NC(=O)C1(C)CCN1C(=O)c1ccc(C(C)(C)C)cc1. The van der Waals surface area contributed by atoms with Gasteiger partial charge in [0.25, 0.3) is 5.91 Å². The maximum atomic E-state index is 13.1. The van der Waals surface area contributed by atoms with Crippen LogP contribution in [0, 0.1) is 6.92 Å². The summed E-state index contributed by atoms with van der Waals surface area (Å²) in [6.45, 7) is 7.09. The molecule has 0 aromatic heterocycles. The van der Waals surface area contributed by atoms with Crippen molar-refractivity contribution in [3.63, 3.8) is 0 Å². The number of benzene rings is 2. The van der Waals surface area contributed by atoms with Gasteiger partial charge in [0.05, 0.1) is 5.69 Å². The number of nitrogens with one attached hydrogen (secondary N) is 1. The molecule has 0 aliphatic carbocycles. The van der Waals surface area contributed by atoms with Crippen LogP contribution in [0.5, 0.6) is 5.75 Å². The van der Waals surface area contributed by atoms with E-state index in [4.69, 9.17) is 0 Å². The number of para-hydroxylation sites is 1. The van der Waals surface area contributed by atoms with Gasteiger partial charge in [-0.1, -0.05) is 45.0 Å². The van der Waals surface area contributed by atoms with Crippen molar-refractivity contribution in [1.29, 1.82) is 0 Å². The van der Waals surface area contributed by atoms with Crippen molar-refractivity contribution >= 4 is 17.5 Å². The molecule has 1 fully saturated rings. The molecule has 0 bridgehead atoms. The molecule has 1 atom stereocenters. The molecule has 0 spiro atoms. The van der Waals surface area contributed by atoms with E-state index in [-0.39, 0.29) is 22.8 Å². The molecule has 7 heteroatoms. The van der Waals surface area contributed by atoms with Crippen LogP contribution in [-0.2, 0) is 10.2 Å². The number of likely N-dealkylation sites (tertiary alicyclic amines) is 1. The number of nitrogens with zero attached hydrogens (tertiary/aromatic N) is 1. The van der Waals surface area contributed by atoms with Crippen LogP contribution >= 0.6 is 0 Å². The van der Waals surface area contributed by atoms with Crippen molar-refractivity contribution in [2.45, 2.75) is 58.6 Å². The zero-order chi connectivity index (χ0) is 23.0. The van der Waals surface area contributed by atoms with Crippen LogP contribution in [0.4, 0.5) is 14.5 Å². The number of carbonyl (C=O) groups excluding carboxylic acids is 2. The average Bonchev–Trinajstić information content (AvgIpc) is 2.68. The highest BCUT2D eigenvalue weighted by Crippen LogP contribution is 2.36. The Kier molecular flexibility index (Phi) is 6.07. The molecule has 166 valence electrons. The highest BCUT2D eigenvalue weighted by Gasteiger charge is 2.49. The molecule has 1 aliphatic rings. The fraction of sp³-hybridized carbons (Fsp3) is 0.417. The number of carbonyl (C=O) groups is 2. The topological polar surface area (TPSA) is 58.6 Å². The largest absolute Gasteiger partial charge is 0.433 e. The minimum atomic E-state index is -3.01. The molecule has 0 saturated carbocycles. The predicted molar refractivity (Wildman–Crippen MR) is 116 cm³/mol. The highest BCUT2D eigenvalue weighted by molar-refractivity contribution is 6.05. The maximum absolute atomic E-state index is 13.1. The number of aryl methyl sites for hydroxylation is 1. The fourth-order valence-electron chi connectivity index (χ4n) is 3.63. The summed E-state index contributed by atoms with van der Waals surface area (Å²) >= 11 is 0. The lowest BCUT2D eigenvalue weighted by Gasteiger charge is -2.49. The Morgan fingerprint density at radius 1 is 1.13 bits per heavy atom. The molecule has 1 saturated heterocycles. The zero-order valence-electron chi connectivity index (χ0n) is 18.5. The molecule has 1 unspecified atom stereocenters. The molecule has 2 amide bonds. The van der Waals surface area contributed by atoms with Crippen LogP contribution in [0.2, 0.25) is 0 Å². The van der Waals surface area contributed by atoms with Crippen molar-refractivity contribution in [1.82, 2.24) is 4.90 Å². The molecule has 31 heavy (non-hydrogen) atoms. The van der Waals surface area contributed by atoms with Crippen molar-refractivity contribution in [3.8, 4) is 5.75 Å². The average molecular weight is 430 g/mol. The second kappa shape index (κ2) is 8.29. The standard InChI is InChI=1S/C24H28F2N2O3/c1-15-7-6-8-18(31-22(25)26)19(15)27-21(30)24(5)13-14-28(24)20(29)16-9-11-17(12-10-16)23(2,3)4/h6-12,22H,13-14H2,1-5H3,(H,27,30). The first-order chi connectivity index (χ1) is 14.4. The lowest BCUT2D eigenvalue weighted by Crippen LogP contribution is -2.66.